The van der Waals surface area contributed by atoms with Crippen molar-refractivity contribution >= 4 is 21.6 Å². The van der Waals surface area contributed by atoms with Crippen molar-refractivity contribution in [3.8, 4) is 5.69 Å². The van der Waals surface area contributed by atoms with Crippen molar-refractivity contribution in [2.75, 3.05) is 5.73 Å². The molecule has 18 heavy (non-hydrogen) atoms. The van der Waals surface area contributed by atoms with Crippen LogP contribution in [0.5, 0.6) is 0 Å². The molecule has 1 heterocycles. The highest BCUT2D eigenvalue weighted by Crippen LogP contribution is 2.26. The Morgan fingerprint density at radius 2 is 2.06 bits per heavy atom. The molecule has 1 aromatic heterocycles. The van der Waals surface area contributed by atoms with Crippen LogP contribution in [0.4, 0.5) is 10.1 Å². The van der Waals surface area contributed by atoms with Gasteiger partial charge < -0.3 is 5.73 Å². The Labute approximate surface area is 113 Å². The van der Waals surface area contributed by atoms with Crippen LogP contribution in [0.2, 0.25) is 0 Å². The van der Waals surface area contributed by atoms with Gasteiger partial charge in [0.15, 0.2) is 5.82 Å². The van der Waals surface area contributed by atoms with Crippen LogP contribution in [0.15, 0.2) is 16.6 Å². The Hall–Kier alpha value is -1.43. The Morgan fingerprint density at radius 1 is 1.33 bits per heavy atom. The van der Waals surface area contributed by atoms with Gasteiger partial charge in [-0.25, -0.2) is 14.1 Å². The zero-order valence-electron chi connectivity index (χ0n) is 10.2. The van der Waals surface area contributed by atoms with E-state index in [1.807, 2.05) is 13.8 Å². The maximum atomic E-state index is 13.4. The fourth-order valence-electron chi connectivity index (χ4n) is 1.70. The average molecular weight is 313 g/mol. The number of nitrogens with two attached hydrogens (primary N) is 1. The molecule has 0 aliphatic heterocycles. The van der Waals surface area contributed by atoms with Gasteiger partial charge in [0.2, 0.25) is 0 Å². The SMILES string of the molecule is CCc1nc(CC)n(-c2cc(Br)c(F)cc2N)n1. The van der Waals surface area contributed by atoms with Gasteiger partial charge in [0.05, 0.1) is 15.8 Å². The molecule has 0 amide bonds. The van der Waals surface area contributed by atoms with Gasteiger partial charge in [0, 0.05) is 18.9 Å². The van der Waals surface area contributed by atoms with E-state index in [4.69, 9.17) is 5.73 Å². The van der Waals surface area contributed by atoms with Crippen molar-refractivity contribution < 1.29 is 4.39 Å². The van der Waals surface area contributed by atoms with Crippen molar-refractivity contribution in [2.45, 2.75) is 26.7 Å². The highest BCUT2D eigenvalue weighted by atomic mass is 79.9. The van der Waals surface area contributed by atoms with E-state index in [1.165, 1.54) is 6.07 Å². The minimum absolute atomic E-state index is 0.345. The number of rotatable bonds is 3. The predicted molar refractivity (Wildman–Crippen MR) is 72.2 cm³/mol. The fourth-order valence-corrected chi connectivity index (χ4v) is 2.03. The van der Waals surface area contributed by atoms with Crippen LogP contribution in [-0.2, 0) is 12.8 Å². The van der Waals surface area contributed by atoms with Crippen LogP contribution in [0, 0.1) is 5.82 Å². The fraction of sp³-hybridized carbons (Fsp3) is 0.333. The standard InChI is InChI=1S/C12H14BrFN4/c1-3-11-16-12(4-2)18(17-11)10-5-7(13)8(14)6-9(10)15/h5-6H,3-4,15H2,1-2H3. The first-order valence-electron chi connectivity index (χ1n) is 5.76. The number of aromatic nitrogens is 3. The van der Waals surface area contributed by atoms with E-state index >= 15 is 0 Å². The van der Waals surface area contributed by atoms with E-state index in [9.17, 15) is 4.39 Å². The third-order valence-corrected chi connectivity index (χ3v) is 3.26. The molecule has 6 heteroatoms. The summed E-state index contributed by atoms with van der Waals surface area (Å²) in [5, 5.41) is 4.38. The Morgan fingerprint density at radius 3 is 2.67 bits per heavy atom. The monoisotopic (exact) mass is 312 g/mol. The molecule has 0 aliphatic rings. The lowest BCUT2D eigenvalue weighted by molar-refractivity contribution is 0.620. The predicted octanol–water partition coefficient (Wildman–Crippen LogP) is 2.88. The second kappa shape index (κ2) is 5.06. The molecule has 0 saturated carbocycles. The van der Waals surface area contributed by atoms with Crippen molar-refractivity contribution in [2.24, 2.45) is 0 Å². The van der Waals surface area contributed by atoms with Gasteiger partial charge in [-0.3, -0.25) is 0 Å². The number of anilines is 1. The minimum atomic E-state index is -0.384. The topological polar surface area (TPSA) is 56.7 Å². The summed E-state index contributed by atoms with van der Waals surface area (Å²) in [5.41, 5.74) is 6.84. The molecule has 96 valence electrons. The summed E-state index contributed by atoms with van der Waals surface area (Å²) in [6, 6.07) is 2.91. The molecule has 0 aliphatic carbocycles. The van der Waals surface area contributed by atoms with Crippen molar-refractivity contribution in [1.82, 2.24) is 14.8 Å². The van der Waals surface area contributed by atoms with E-state index in [0.717, 1.165) is 24.5 Å². The molecule has 4 nitrogen and oxygen atoms in total. The normalized spacial score (nSPS) is 10.9. The molecule has 0 radical (unpaired) electrons. The summed E-state index contributed by atoms with van der Waals surface area (Å²) < 4.78 is 15.4. The lowest BCUT2D eigenvalue weighted by Gasteiger charge is -2.09. The second-order valence-corrected chi connectivity index (χ2v) is 4.74. The molecule has 2 N–H and O–H groups in total. The van der Waals surface area contributed by atoms with Crippen molar-refractivity contribution in [1.29, 1.82) is 0 Å². The minimum Gasteiger partial charge on any atom is -0.397 e. The zero-order chi connectivity index (χ0) is 13.3. The number of halogens is 2. The number of nitrogens with zero attached hydrogens (tertiary/aromatic N) is 3. The van der Waals surface area contributed by atoms with Crippen molar-refractivity contribution in [3.05, 3.63) is 34.1 Å². The zero-order valence-corrected chi connectivity index (χ0v) is 11.8. The maximum Gasteiger partial charge on any atom is 0.151 e. The van der Waals surface area contributed by atoms with Gasteiger partial charge in [0.25, 0.3) is 0 Å². The van der Waals surface area contributed by atoms with Gasteiger partial charge in [-0.05, 0) is 22.0 Å². The van der Waals surface area contributed by atoms with Crippen LogP contribution in [-0.4, -0.2) is 14.8 Å². The molecule has 0 atom stereocenters. The quantitative estimate of drug-likeness (QED) is 0.887. The molecule has 0 fully saturated rings. The first-order valence-corrected chi connectivity index (χ1v) is 6.55. The highest BCUT2D eigenvalue weighted by Gasteiger charge is 2.13. The Bertz CT molecular complexity index is 580. The maximum absolute atomic E-state index is 13.4. The molecule has 0 bridgehead atoms. The summed E-state index contributed by atoms with van der Waals surface area (Å²) in [6.07, 6.45) is 1.49. The van der Waals surface area contributed by atoms with Gasteiger partial charge in [0.1, 0.15) is 11.6 Å². The third-order valence-electron chi connectivity index (χ3n) is 2.65. The molecule has 1 aromatic carbocycles. The van der Waals surface area contributed by atoms with Crippen molar-refractivity contribution in [3.63, 3.8) is 0 Å². The number of benzene rings is 1. The van der Waals surface area contributed by atoms with E-state index in [-0.39, 0.29) is 5.82 Å². The average Bonchev–Trinajstić information content (AvgIpc) is 2.77. The largest absolute Gasteiger partial charge is 0.397 e. The lowest BCUT2D eigenvalue weighted by Crippen LogP contribution is -2.06. The highest BCUT2D eigenvalue weighted by molar-refractivity contribution is 9.10. The van der Waals surface area contributed by atoms with Crippen LogP contribution in [0.1, 0.15) is 25.5 Å². The number of nitrogen functional groups attached to an aromatic ring is 1. The second-order valence-electron chi connectivity index (χ2n) is 3.89. The molecule has 2 aromatic rings. The summed E-state index contributed by atoms with van der Waals surface area (Å²) in [6.45, 7) is 3.98. The summed E-state index contributed by atoms with van der Waals surface area (Å²) in [7, 11) is 0. The molecule has 2 rings (SSSR count). The summed E-state index contributed by atoms with van der Waals surface area (Å²) in [5.74, 6) is 1.19. The Kier molecular flexibility index (Phi) is 3.65. The molecular formula is C12H14BrFN4. The van der Waals surface area contributed by atoms with Gasteiger partial charge in [-0.15, -0.1) is 0 Å². The number of hydrogen-bond donors (Lipinski definition) is 1. The smallest absolute Gasteiger partial charge is 0.151 e. The summed E-state index contributed by atoms with van der Waals surface area (Å²) in [4.78, 5) is 4.40. The lowest BCUT2D eigenvalue weighted by atomic mass is 10.2. The van der Waals surface area contributed by atoms with E-state index < -0.39 is 0 Å². The molecule has 0 unspecified atom stereocenters. The molecular weight excluding hydrogens is 299 g/mol. The van der Waals surface area contributed by atoms with E-state index in [0.29, 0.717) is 15.8 Å². The first kappa shape index (κ1) is 13.0. The van der Waals surface area contributed by atoms with Crippen LogP contribution < -0.4 is 5.73 Å². The Balaban J connectivity index is 2.60. The van der Waals surface area contributed by atoms with Crippen LogP contribution in [0.25, 0.3) is 5.69 Å². The van der Waals surface area contributed by atoms with Gasteiger partial charge in [-0.1, -0.05) is 13.8 Å². The number of aryl methyl sites for hydroxylation is 2. The first-order chi connectivity index (χ1) is 8.56. The van der Waals surface area contributed by atoms with Gasteiger partial charge >= 0.3 is 0 Å². The van der Waals surface area contributed by atoms with E-state index in [1.54, 1.807) is 10.7 Å². The van der Waals surface area contributed by atoms with Gasteiger partial charge in [-0.2, -0.15) is 5.10 Å². The summed E-state index contributed by atoms with van der Waals surface area (Å²) >= 11 is 3.16. The van der Waals surface area contributed by atoms with E-state index in [2.05, 4.69) is 26.0 Å². The number of hydrogen-bond acceptors (Lipinski definition) is 3. The van der Waals surface area contributed by atoms with Crippen LogP contribution >= 0.6 is 15.9 Å². The molecule has 0 saturated heterocycles. The van der Waals surface area contributed by atoms with Crippen LogP contribution in [0.3, 0.4) is 0 Å². The molecule has 0 spiro atoms. The third kappa shape index (κ3) is 2.25.